The van der Waals surface area contributed by atoms with E-state index in [0.717, 1.165) is 37.3 Å². The van der Waals surface area contributed by atoms with Crippen molar-refractivity contribution in [1.29, 1.82) is 0 Å². The zero-order chi connectivity index (χ0) is 19.3. The summed E-state index contributed by atoms with van der Waals surface area (Å²) in [5.74, 6) is -0.0880. The first kappa shape index (κ1) is 20.7. The van der Waals surface area contributed by atoms with E-state index in [-0.39, 0.29) is 11.8 Å². The van der Waals surface area contributed by atoms with E-state index in [4.69, 9.17) is 4.74 Å². The molecule has 0 atom stereocenters. The molecule has 0 radical (unpaired) electrons. The summed E-state index contributed by atoms with van der Waals surface area (Å²) in [7, 11) is -3.50. The summed E-state index contributed by atoms with van der Waals surface area (Å²) in [6, 6.07) is 6.65. The SMILES string of the molecule is O=C(NCCN1CCOCC1)C1CCN(S(=O)(=O)c2ccc(Br)cc2)CC1. The van der Waals surface area contributed by atoms with Crippen LogP contribution >= 0.6 is 15.9 Å². The highest BCUT2D eigenvalue weighted by molar-refractivity contribution is 9.10. The van der Waals surface area contributed by atoms with Gasteiger partial charge in [-0.3, -0.25) is 9.69 Å². The summed E-state index contributed by atoms with van der Waals surface area (Å²) in [4.78, 5) is 14.9. The number of hydrogen-bond donors (Lipinski definition) is 1. The summed E-state index contributed by atoms with van der Waals surface area (Å²) < 4.78 is 33.1. The van der Waals surface area contributed by atoms with Crippen LogP contribution in [0, 0.1) is 5.92 Å². The first-order valence-corrected chi connectivity index (χ1v) is 11.5. The zero-order valence-electron chi connectivity index (χ0n) is 15.3. The minimum atomic E-state index is -3.50. The molecule has 0 spiro atoms. The Balaban J connectivity index is 1.45. The first-order chi connectivity index (χ1) is 13.0. The number of ether oxygens (including phenoxy) is 1. The van der Waals surface area contributed by atoms with Crippen molar-refractivity contribution in [1.82, 2.24) is 14.5 Å². The lowest BCUT2D eigenvalue weighted by molar-refractivity contribution is -0.126. The lowest BCUT2D eigenvalue weighted by Crippen LogP contribution is -2.45. The molecule has 1 aromatic rings. The zero-order valence-corrected chi connectivity index (χ0v) is 17.7. The molecule has 2 heterocycles. The Kier molecular flexibility index (Phi) is 7.27. The van der Waals surface area contributed by atoms with Gasteiger partial charge in [-0.25, -0.2) is 8.42 Å². The van der Waals surface area contributed by atoms with E-state index in [2.05, 4.69) is 26.1 Å². The van der Waals surface area contributed by atoms with Crippen molar-refractivity contribution in [2.45, 2.75) is 17.7 Å². The van der Waals surface area contributed by atoms with Crippen LogP contribution in [-0.2, 0) is 19.6 Å². The standard InChI is InChI=1S/C18H26BrN3O4S/c19-16-1-3-17(4-2-16)27(24,25)22-8-5-15(6-9-22)18(23)20-7-10-21-11-13-26-14-12-21/h1-4,15H,5-14H2,(H,20,23). The van der Waals surface area contributed by atoms with Gasteiger partial charge in [0, 0.05) is 49.7 Å². The molecule has 9 heteroatoms. The molecule has 0 bridgehead atoms. The average Bonchev–Trinajstić information content (AvgIpc) is 2.69. The minimum Gasteiger partial charge on any atom is -0.379 e. The monoisotopic (exact) mass is 459 g/mol. The summed E-state index contributed by atoms with van der Waals surface area (Å²) in [6.45, 7) is 5.50. The summed E-state index contributed by atoms with van der Waals surface area (Å²) in [5, 5.41) is 3.00. The molecule has 2 aliphatic heterocycles. The number of nitrogens with one attached hydrogen (secondary N) is 1. The summed E-state index contributed by atoms with van der Waals surface area (Å²) >= 11 is 3.32. The fraction of sp³-hybridized carbons (Fsp3) is 0.611. The lowest BCUT2D eigenvalue weighted by atomic mass is 9.97. The van der Waals surface area contributed by atoms with Crippen LogP contribution in [0.25, 0.3) is 0 Å². The molecule has 1 amide bonds. The number of sulfonamides is 1. The van der Waals surface area contributed by atoms with Gasteiger partial charge in [-0.15, -0.1) is 0 Å². The maximum absolute atomic E-state index is 12.7. The van der Waals surface area contributed by atoms with Crippen molar-refractivity contribution in [3.05, 3.63) is 28.7 Å². The Labute approximate surface area is 169 Å². The number of halogens is 1. The molecule has 0 aliphatic carbocycles. The fourth-order valence-corrected chi connectivity index (χ4v) is 5.15. The molecule has 0 aromatic heterocycles. The van der Waals surface area contributed by atoms with Crippen molar-refractivity contribution < 1.29 is 17.9 Å². The van der Waals surface area contributed by atoms with E-state index in [1.165, 1.54) is 4.31 Å². The number of amides is 1. The van der Waals surface area contributed by atoms with Gasteiger partial charge in [0.25, 0.3) is 0 Å². The number of rotatable bonds is 6. The van der Waals surface area contributed by atoms with Gasteiger partial charge >= 0.3 is 0 Å². The lowest BCUT2D eigenvalue weighted by Gasteiger charge is -2.31. The Morgan fingerprint density at radius 1 is 1.11 bits per heavy atom. The molecule has 1 N–H and O–H groups in total. The van der Waals surface area contributed by atoms with Gasteiger partial charge in [0.2, 0.25) is 15.9 Å². The highest BCUT2D eigenvalue weighted by atomic mass is 79.9. The van der Waals surface area contributed by atoms with Crippen LogP contribution in [0.5, 0.6) is 0 Å². The first-order valence-electron chi connectivity index (χ1n) is 9.30. The van der Waals surface area contributed by atoms with Crippen molar-refractivity contribution in [3.63, 3.8) is 0 Å². The van der Waals surface area contributed by atoms with Gasteiger partial charge in [0.1, 0.15) is 0 Å². The average molecular weight is 460 g/mol. The predicted molar refractivity (Wildman–Crippen MR) is 106 cm³/mol. The normalized spacial score (nSPS) is 20.5. The van der Waals surface area contributed by atoms with E-state index in [0.29, 0.717) is 37.4 Å². The molecule has 0 unspecified atom stereocenters. The minimum absolute atomic E-state index is 0.0314. The van der Waals surface area contributed by atoms with Crippen molar-refractivity contribution in [2.75, 3.05) is 52.5 Å². The van der Waals surface area contributed by atoms with Crippen LogP contribution in [-0.4, -0.2) is 76.0 Å². The van der Waals surface area contributed by atoms with Crippen LogP contribution in [0.1, 0.15) is 12.8 Å². The van der Waals surface area contributed by atoms with Gasteiger partial charge in [-0.2, -0.15) is 4.31 Å². The van der Waals surface area contributed by atoms with Crippen LogP contribution in [0.2, 0.25) is 0 Å². The highest BCUT2D eigenvalue weighted by Gasteiger charge is 2.32. The summed E-state index contributed by atoms with van der Waals surface area (Å²) in [6.07, 6.45) is 1.11. The number of carbonyl (C=O) groups is 1. The number of morpholine rings is 1. The van der Waals surface area contributed by atoms with Crippen molar-refractivity contribution in [2.24, 2.45) is 5.92 Å². The van der Waals surface area contributed by atoms with E-state index in [1.807, 2.05) is 0 Å². The Bertz CT molecular complexity index is 727. The largest absolute Gasteiger partial charge is 0.379 e. The third-order valence-corrected chi connectivity index (χ3v) is 7.55. The maximum atomic E-state index is 12.7. The molecule has 2 fully saturated rings. The van der Waals surface area contributed by atoms with Gasteiger partial charge in [-0.1, -0.05) is 15.9 Å². The molecule has 7 nitrogen and oxygen atoms in total. The fourth-order valence-electron chi connectivity index (χ4n) is 3.42. The summed E-state index contributed by atoms with van der Waals surface area (Å²) in [5.41, 5.74) is 0. The molecule has 3 rings (SSSR count). The van der Waals surface area contributed by atoms with Crippen LogP contribution in [0.3, 0.4) is 0 Å². The Hall–Kier alpha value is -1.00. The van der Waals surface area contributed by atoms with E-state index in [9.17, 15) is 13.2 Å². The second-order valence-electron chi connectivity index (χ2n) is 6.88. The highest BCUT2D eigenvalue weighted by Crippen LogP contribution is 2.24. The maximum Gasteiger partial charge on any atom is 0.243 e. The third kappa shape index (κ3) is 5.51. The van der Waals surface area contributed by atoms with Gasteiger partial charge < -0.3 is 10.1 Å². The molecule has 2 aliphatic rings. The van der Waals surface area contributed by atoms with Gasteiger partial charge in [0.15, 0.2) is 0 Å². The Morgan fingerprint density at radius 3 is 2.37 bits per heavy atom. The van der Waals surface area contributed by atoms with E-state index >= 15 is 0 Å². The number of hydrogen-bond acceptors (Lipinski definition) is 5. The second-order valence-corrected chi connectivity index (χ2v) is 9.73. The van der Waals surface area contributed by atoms with Gasteiger partial charge in [-0.05, 0) is 37.1 Å². The second kappa shape index (κ2) is 9.47. The number of carbonyl (C=O) groups excluding carboxylic acids is 1. The number of nitrogens with zero attached hydrogens (tertiary/aromatic N) is 2. The van der Waals surface area contributed by atoms with Crippen LogP contribution < -0.4 is 5.32 Å². The smallest absolute Gasteiger partial charge is 0.243 e. The van der Waals surface area contributed by atoms with E-state index in [1.54, 1.807) is 24.3 Å². The quantitative estimate of drug-likeness (QED) is 0.693. The molecular formula is C18H26BrN3O4S. The van der Waals surface area contributed by atoms with Gasteiger partial charge in [0.05, 0.1) is 18.1 Å². The van der Waals surface area contributed by atoms with E-state index < -0.39 is 10.0 Å². The predicted octanol–water partition coefficient (Wildman–Crippen LogP) is 1.30. The molecule has 1 aromatic carbocycles. The van der Waals surface area contributed by atoms with Crippen molar-refractivity contribution >= 4 is 31.9 Å². The number of piperidine rings is 1. The molecular weight excluding hydrogens is 434 g/mol. The Morgan fingerprint density at radius 2 is 1.74 bits per heavy atom. The third-order valence-electron chi connectivity index (χ3n) is 5.11. The number of benzene rings is 1. The molecule has 150 valence electrons. The van der Waals surface area contributed by atoms with Crippen molar-refractivity contribution in [3.8, 4) is 0 Å². The topological polar surface area (TPSA) is 79.0 Å². The molecule has 27 heavy (non-hydrogen) atoms. The molecule has 2 saturated heterocycles. The van der Waals surface area contributed by atoms with Crippen LogP contribution in [0.4, 0.5) is 0 Å². The molecule has 0 saturated carbocycles. The van der Waals surface area contributed by atoms with Crippen LogP contribution in [0.15, 0.2) is 33.6 Å².